The van der Waals surface area contributed by atoms with E-state index in [1.165, 1.54) is 12.7 Å². The lowest BCUT2D eigenvalue weighted by Crippen LogP contribution is -2.62. The van der Waals surface area contributed by atoms with Crippen LogP contribution < -0.4 is 10.2 Å². The lowest BCUT2D eigenvalue weighted by Gasteiger charge is -2.48. The Morgan fingerprint density at radius 3 is 2.79 bits per heavy atom. The largest absolute Gasteiger partial charge is 0.324 e. The highest BCUT2D eigenvalue weighted by atomic mass is 35.5. The highest BCUT2D eigenvalue weighted by molar-refractivity contribution is 6.31. The molecule has 2 aromatic carbocycles. The number of carbonyl (C=O) groups is 3. The Morgan fingerprint density at radius 2 is 2.00 bits per heavy atom. The number of fused-ring (bicyclic) bond motifs is 3. The molecular weight excluding hydrogens is 456 g/mol. The van der Waals surface area contributed by atoms with Gasteiger partial charge in [0.1, 0.15) is 18.3 Å². The maximum atomic E-state index is 13.3. The van der Waals surface area contributed by atoms with Crippen LogP contribution in [0, 0.1) is 0 Å². The van der Waals surface area contributed by atoms with E-state index in [9.17, 15) is 14.4 Å². The molecule has 1 N–H and O–H groups in total. The van der Waals surface area contributed by atoms with Crippen molar-refractivity contribution in [2.24, 2.45) is 0 Å². The average molecular weight is 479 g/mol. The zero-order chi connectivity index (χ0) is 23.9. The van der Waals surface area contributed by atoms with Crippen LogP contribution in [0.3, 0.4) is 0 Å². The molecule has 2 aliphatic heterocycles. The van der Waals surface area contributed by atoms with Gasteiger partial charge in [0.05, 0.1) is 22.6 Å². The van der Waals surface area contributed by atoms with Crippen LogP contribution in [0.4, 0.5) is 11.4 Å². The molecular formula is C24H23ClN6O3. The number of nitrogens with zero attached hydrogens (tertiary/aromatic N) is 5. The van der Waals surface area contributed by atoms with Crippen molar-refractivity contribution in [1.82, 2.24) is 19.7 Å². The SMILES string of the molecule is CC12CCC(=O)N1c1ccccc1C(=O)N2CCCC(=O)Nc1cc(Cl)ccc1-n1cncn1. The summed E-state index contributed by atoms with van der Waals surface area (Å²) in [5.74, 6) is -0.322. The molecule has 34 heavy (non-hydrogen) atoms. The molecule has 1 aromatic heterocycles. The van der Waals surface area contributed by atoms with Crippen molar-refractivity contribution in [3.05, 3.63) is 65.7 Å². The van der Waals surface area contributed by atoms with Crippen molar-refractivity contribution >= 4 is 40.7 Å². The average Bonchev–Trinajstić information content (AvgIpc) is 3.45. The van der Waals surface area contributed by atoms with Gasteiger partial charge in [-0.2, -0.15) is 5.10 Å². The van der Waals surface area contributed by atoms with Crippen LogP contribution in [0.25, 0.3) is 5.69 Å². The fraction of sp³-hybridized carbons (Fsp3) is 0.292. The summed E-state index contributed by atoms with van der Waals surface area (Å²) in [6.07, 6.45) is 4.52. The molecule has 0 spiro atoms. The number of rotatable bonds is 6. The van der Waals surface area contributed by atoms with Gasteiger partial charge in [0.25, 0.3) is 5.91 Å². The van der Waals surface area contributed by atoms with E-state index in [4.69, 9.17) is 11.6 Å². The third-order valence-corrected chi connectivity index (χ3v) is 6.66. The molecule has 174 valence electrons. The molecule has 1 unspecified atom stereocenters. The minimum Gasteiger partial charge on any atom is -0.324 e. The van der Waals surface area contributed by atoms with Crippen LogP contribution >= 0.6 is 11.6 Å². The van der Waals surface area contributed by atoms with E-state index in [1.54, 1.807) is 44.8 Å². The van der Waals surface area contributed by atoms with Gasteiger partial charge < -0.3 is 10.2 Å². The third kappa shape index (κ3) is 3.71. The van der Waals surface area contributed by atoms with E-state index in [-0.39, 0.29) is 24.1 Å². The Balaban J connectivity index is 1.29. The molecule has 3 aromatic rings. The van der Waals surface area contributed by atoms with Gasteiger partial charge in [0.15, 0.2) is 0 Å². The highest BCUT2D eigenvalue weighted by Crippen LogP contribution is 2.44. The van der Waals surface area contributed by atoms with Crippen molar-refractivity contribution < 1.29 is 14.4 Å². The fourth-order valence-corrected chi connectivity index (χ4v) is 4.96. The molecule has 1 atom stereocenters. The first-order valence-corrected chi connectivity index (χ1v) is 11.4. The number of hydrogen-bond acceptors (Lipinski definition) is 5. The molecule has 3 heterocycles. The van der Waals surface area contributed by atoms with Crippen molar-refractivity contribution in [2.75, 3.05) is 16.8 Å². The summed E-state index contributed by atoms with van der Waals surface area (Å²) >= 11 is 6.13. The van der Waals surface area contributed by atoms with Crippen molar-refractivity contribution in [2.45, 2.75) is 38.3 Å². The predicted molar refractivity (Wildman–Crippen MR) is 127 cm³/mol. The second kappa shape index (κ2) is 8.57. The number of anilines is 2. The zero-order valence-corrected chi connectivity index (χ0v) is 19.3. The lowest BCUT2D eigenvalue weighted by atomic mass is 9.98. The van der Waals surface area contributed by atoms with Crippen LogP contribution in [0.15, 0.2) is 55.1 Å². The minimum atomic E-state index is -0.730. The second-order valence-corrected chi connectivity index (χ2v) is 9.01. The monoisotopic (exact) mass is 478 g/mol. The zero-order valence-electron chi connectivity index (χ0n) is 18.6. The lowest BCUT2D eigenvalue weighted by molar-refractivity contribution is -0.118. The summed E-state index contributed by atoms with van der Waals surface area (Å²) in [7, 11) is 0. The first-order valence-electron chi connectivity index (χ1n) is 11.1. The number of hydrogen-bond donors (Lipinski definition) is 1. The predicted octanol–water partition coefficient (Wildman–Crippen LogP) is 3.64. The topological polar surface area (TPSA) is 100 Å². The van der Waals surface area contributed by atoms with Gasteiger partial charge in [-0.1, -0.05) is 23.7 Å². The van der Waals surface area contributed by atoms with Crippen LogP contribution in [0.2, 0.25) is 5.02 Å². The maximum absolute atomic E-state index is 13.3. The molecule has 5 rings (SSSR count). The number of aromatic nitrogens is 3. The van der Waals surface area contributed by atoms with E-state index >= 15 is 0 Å². The van der Waals surface area contributed by atoms with Gasteiger partial charge in [-0.3, -0.25) is 19.3 Å². The summed E-state index contributed by atoms with van der Waals surface area (Å²) in [5.41, 5.74) is 1.60. The van der Waals surface area contributed by atoms with Crippen molar-refractivity contribution in [3.63, 3.8) is 0 Å². The molecule has 0 saturated carbocycles. The minimum absolute atomic E-state index is 0.00629. The van der Waals surface area contributed by atoms with Crippen LogP contribution in [-0.4, -0.2) is 49.6 Å². The number of carbonyl (C=O) groups excluding carboxylic acids is 3. The van der Waals surface area contributed by atoms with Gasteiger partial charge in [-0.05, 0) is 50.1 Å². The molecule has 10 heteroatoms. The molecule has 3 amide bonds. The summed E-state index contributed by atoms with van der Waals surface area (Å²) in [5, 5.41) is 7.48. The second-order valence-electron chi connectivity index (χ2n) is 8.57. The normalized spacial score (nSPS) is 19.2. The van der Waals surface area contributed by atoms with E-state index in [2.05, 4.69) is 15.4 Å². The standard InChI is InChI=1S/C24H23ClN6O3/c1-24-11-10-22(33)31(24)19-6-3-2-5-17(19)23(34)29(24)12-4-7-21(32)28-18-13-16(25)8-9-20(18)30-15-26-14-27-30/h2-3,5-6,8-9,13-15H,4,7,10-12H2,1H3,(H,28,32). The van der Waals surface area contributed by atoms with E-state index in [1.807, 2.05) is 19.1 Å². The first kappa shape index (κ1) is 22.1. The van der Waals surface area contributed by atoms with Gasteiger partial charge in [0.2, 0.25) is 11.8 Å². The summed E-state index contributed by atoms with van der Waals surface area (Å²) < 4.78 is 1.54. The van der Waals surface area contributed by atoms with Crippen molar-refractivity contribution in [1.29, 1.82) is 0 Å². The van der Waals surface area contributed by atoms with E-state index < -0.39 is 5.66 Å². The van der Waals surface area contributed by atoms with Crippen molar-refractivity contribution in [3.8, 4) is 5.69 Å². The van der Waals surface area contributed by atoms with E-state index in [0.29, 0.717) is 53.5 Å². The summed E-state index contributed by atoms with van der Waals surface area (Å²) in [6.45, 7) is 2.27. The van der Waals surface area contributed by atoms with Gasteiger partial charge >= 0.3 is 0 Å². The summed E-state index contributed by atoms with van der Waals surface area (Å²) in [6, 6.07) is 12.3. The Bertz CT molecular complexity index is 1280. The molecule has 0 aliphatic carbocycles. The Hall–Kier alpha value is -3.72. The Labute approximate surface area is 201 Å². The number of halogens is 1. The first-order chi connectivity index (χ1) is 16.4. The molecule has 1 saturated heterocycles. The highest BCUT2D eigenvalue weighted by Gasteiger charge is 2.52. The van der Waals surface area contributed by atoms with Crippen LogP contribution in [0.5, 0.6) is 0 Å². The Kier molecular flexibility index (Phi) is 5.57. The number of para-hydroxylation sites is 1. The summed E-state index contributed by atoms with van der Waals surface area (Å²) in [4.78, 5) is 46.2. The quantitative estimate of drug-likeness (QED) is 0.583. The smallest absolute Gasteiger partial charge is 0.257 e. The van der Waals surface area contributed by atoms with Gasteiger partial charge in [-0.15, -0.1) is 0 Å². The molecule has 0 bridgehead atoms. The fourth-order valence-electron chi connectivity index (χ4n) is 4.79. The number of amides is 3. The number of nitrogens with one attached hydrogen (secondary N) is 1. The van der Waals surface area contributed by atoms with Gasteiger partial charge in [-0.25, -0.2) is 9.67 Å². The van der Waals surface area contributed by atoms with Gasteiger partial charge in [0, 0.05) is 24.4 Å². The Morgan fingerprint density at radius 1 is 1.18 bits per heavy atom. The van der Waals surface area contributed by atoms with E-state index in [0.717, 1.165) is 0 Å². The molecule has 9 nitrogen and oxygen atoms in total. The molecule has 1 fully saturated rings. The third-order valence-electron chi connectivity index (χ3n) is 6.43. The molecule has 2 aliphatic rings. The number of benzene rings is 2. The van der Waals surface area contributed by atoms with Crippen LogP contribution in [-0.2, 0) is 9.59 Å². The maximum Gasteiger partial charge on any atom is 0.257 e. The molecule has 0 radical (unpaired) electrons. The van der Waals surface area contributed by atoms with Crippen LogP contribution in [0.1, 0.15) is 43.0 Å².